The van der Waals surface area contributed by atoms with Crippen molar-refractivity contribution in [3.8, 4) is 0 Å². The molecule has 2 rings (SSSR count). The second-order valence-electron chi connectivity index (χ2n) is 3.65. The van der Waals surface area contributed by atoms with Crippen LogP contribution in [0.2, 0.25) is 0 Å². The molecule has 0 bridgehead atoms. The number of carbonyl (C=O) groups excluding carboxylic acids is 1. The summed E-state index contributed by atoms with van der Waals surface area (Å²) in [5.41, 5.74) is -0.625. The molecular weight excluding hydrogens is 196 g/mol. The second kappa shape index (κ2) is 3.41. The molecule has 3 atom stereocenters. The van der Waals surface area contributed by atoms with Crippen molar-refractivity contribution in [1.29, 1.82) is 0 Å². The van der Waals surface area contributed by atoms with E-state index in [1.54, 1.807) is 6.08 Å². The largest absolute Gasteiger partial charge is 0.393 e. The maximum atomic E-state index is 11.6. The molecule has 4 nitrogen and oxygen atoms in total. The minimum Gasteiger partial charge on any atom is -0.393 e. The maximum Gasteiger partial charge on any atom is 0.179 e. The van der Waals surface area contributed by atoms with Crippen molar-refractivity contribution in [3.05, 3.63) is 36.5 Å². The van der Waals surface area contributed by atoms with E-state index in [2.05, 4.69) is 6.58 Å². The van der Waals surface area contributed by atoms with Gasteiger partial charge in [-0.3, -0.25) is 4.79 Å². The van der Waals surface area contributed by atoms with Gasteiger partial charge in [0, 0.05) is 0 Å². The van der Waals surface area contributed by atoms with Gasteiger partial charge in [0.25, 0.3) is 0 Å². The molecule has 0 aromatic rings. The minimum absolute atomic E-state index is 0.159. The van der Waals surface area contributed by atoms with E-state index in [1.165, 1.54) is 18.2 Å². The van der Waals surface area contributed by atoms with Gasteiger partial charge in [0.05, 0.1) is 12.5 Å². The molecule has 15 heavy (non-hydrogen) atoms. The molecule has 1 unspecified atom stereocenters. The Labute approximate surface area is 87.2 Å². The number of hydrogen-bond acceptors (Lipinski definition) is 4. The molecular formula is C11H12O4. The van der Waals surface area contributed by atoms with Gasteiger partial charge < -0.3 is 14.9 Å². The van der Waals surface area contributed by atoms with Crippen molar-refractivity contribution >= 4 is 5.78 Å². The Bertz CT molecular complexity index is 369. The molecule has 0 spiro atoms. The van der Waals surface area contributed by atoms with Crippen LogP contribution in [0.3, 0.4) is 0 Å². The molecule has 0 radical (unpaired) electrons. The van der Waals surface area contributed by atoms with E-state index in [4.69, 9.17) is 4.74 Å². The minimum atomic E-state index is -1.14. The summed E-state index contributed by atoms with van der Waals surface area (Å²) < 4.78 is 5.24. The third kappa shape index (κ3) is 1.30. The van der Waals surface area contributed by atoms with E-state index in [-0.39, 0.29) is 12.4 Å². The molecule has 1 aliphatic carbocycles. The predicted octanol–water partition coefficient (Wildman–Crippen LogP) is -0.0664. The molecule has 0 aromatic carbocycles. The predicted molar refractivity (Wildman–Crippen MR) is 52.8 cm³/mol. The fourth-order valence-corrected chi connectivity index (χ4v) is 2.12. The Morgan fingerprint density at radius 2 is 2.40 bits per heavy atom. The van der Waals surface area contributed by atoms with Gasteiger partial charge in [-0.25, -0.2) is 0 Å². The Hall–Kier alpha value is -1.23. The van der Waals surface area contributed by atoms with E-state index in [1.807, 2.05) is 0 Å². The van der Waals surface area contributed by atoms with Gasteiger partial charge in [-0.15, -0.1) is 0 Å². The highest BCUT2D eigenvalue weighted by atomic mass is 16.6. The van der Waals surface area contributed by atoms with Crippen LogP contribution in [0.5, 0.6) is 0 Å². The van der Waals surface area contributed by atoms with Crippen molar-refractivity contribution in [2.24, 2.45) is 5.92 Å². The number of carbonyl (C=O) groups is 1. The normalized spacial score (nSPS) is 41.2. The number of ketones is 1. The molecule has 0 saturated carbocycles. The monoisotopic (exact) mass is 208 g/mol. The molecule has 1 heterocycles. The average molecular weight is 208 g/mol. The summed E-state index contributed by atoms with van der Waals surface area (Å²) in [6.07, 6.45) is 4.78. The number of allylic oxidation sites excluding steroid dienone is 3. The van der Waals surface area contributed by atoms with Crippen molar-refractivity contribution in [3.63, 3.8) is 0 Å². The third-order valence-corrected chi connectivity index (χ3v) is 2.81. The van der Waals surface area contributed by atoms with Crippen LogP contribution in [0.15, 0.2) is 36.5 Å². The molecule has 0 amide bonds. The van der Waals surface area contributed by atoms with Crippen molar-refractivity contribution in [1.82, 2.24) is 0 Å². The highest BCUT2D eigenvalue weighted by molar-refractivity contribution is 5.98. The zero-order chi connectivity index (χ0) is 11.1. The topological polar surface area (TPSA) is 66.8 Å². The fourth-order valence-electron chi connectivity index (χ4n) is 2.12. The average Bonchev–Trinajstić information content (AvgIpc) is 2.67. The second-order valence-corrected chi connectivity index (χ2v) is 3.65. The summed E-state index contributed by atoms with van der Waals surface area (Å²) in [5, 5.41) is 18.9. The first kappa shape index (κ1) is 10.3. The summed E-state index contributed by atoms with van der Waals surface area (Å²) in [4.78, 5) is 11.6. The number of aliphatic hydroxyl groups is 2. The van der Waals surface area contributed by atoms with E-state index in [9.17, 15) is 15.0 Å². The third-order valence-electron chi connectivity index (χ3n) is 2.81. The molecule has 2 N–H and O–H groups in total. The highest BCUT2D eigenvalue weighted by Crippen LogP contribution is 2.44. The summed E-state index contributed by atoms with van der Waals surface area (Å²) in [5.74, 6) is -0.774. The molecule has 1 fully saturated rings. The lowest BCUT2D eigenvalue weighted by Crippen LogP contribution is -2.37. The van der Waals surface area contributed by atoms with Gasteiger partial charge in [-0.05, 0) is 17.7 Å². The first-order chi connectivity index (χ1) is 7.14. The lowest BCUT2D eigenvalue weighted by molar-refractivity contribution is -0.136. The van der Waals surface area contributed by atoms with Crippen LogP contribution in [0.1, 0.15) is 0 Å². The first-order valence-corrected chi connectivity index (χ1v) is 4.67. The number of aliphatic hydroxyl groups excluding tert-OH is 2. The molecule has 1 aliphatic heterocycles. The fraction of sp³-hybridized carbons (Fsp3) is 0.364. The van der Waals surface area contributed by atoms with Gasteiger partial charge >= 0.3 is 0 Å². The number of rotatable bonds is 2. The highest BCUT2D eigenvalue weighted by Gasteiger charge is 2.55. The first-order valence-electron chi connectivity index (χ1n) is 4.67. The molecule has 4 heteroatoms. The Kier molecular flexibility index (Phi) is 2.34. The quantitative estimate of drug-likeness (QED) is 0.666. The van der Waals surface area contributed by atoms with E-state index in [0.717, 1.165) is 0 Å². The van der Waals surface area contributed by atoms with Gasteiger partial charge in [0.2, 0.25) is 0 Å². The lowest BCUT2D eigenvalue weighted by atomic mass is 9.86. The lowest BCUT2D eigenvalue weighted by Gasteiger charge is -2.22. The Morgan fingerprint density at radius 3 is 3.00 bits per heavy atom. The molecule has 0 aromatic heterocycles. The van der Waals surface area contributed by atoms with E-state index < -0.39 is 17.8 Å². The summed E-state index contributed by atoms with van der Waals surface area (Å²) >= 11 is 0. The van der Waals surface area contributed by atoms with Gasteiger partial charge in [-0.1, -0.05) is 18.7 Å². The number of ether oxygens (including phenoxy) is 1. The van der Waals surface area contributed by atoms with Crippen molar-refractivity contribution in [2.45, 2.75) is 11.9 Å². The molecule has 2 aliphatic rings. The van der Waals surface area contributed by atoms with Gasteiger partial charge in [0.15, 0.2) is 12.1 Å². The van der Waals surface area contributed by atoms with Gasteiger partial charge in [-0.2, -0.15) is 0 Å². The van der Waals surface area contributed by atoms with E-state index in [0.29, 0.717) is 5.57 Å². The Morgan fingerprint density at radius 1 is 1.67 bits per heavy atom. The number of hydrogen-bond donors (Lipinski definition) is 2. The van der Waals surface area contributed by atoms with Crippen LogP contribution in [-0.2, 0) is 9.53 Å². The summed E-state index contributed by atoms with van der Waals surface area (Å²) in [6.45, 7) is 3.18. The number of fused-ring (bicyclic) bond motifs is 1. The van der Waals surface area contributed by atoms with Crippen LogP contribution in [0, 0.1) is 5.92 Å². The van der Waals surface area contributed by atoms with Crippen LogP contribution in [0.4, 0.5) is 0 Å². The van der Waals surface area contributed by atoms with Crippen LogP contribution in [0.25, 0.3) is 0 Å². The standard InChI is InChI=1S/C11H12O4/c1-2-3-7-9-8(13)4-5-11(9,6-12)15-10(7)14/h2-5,9-10,12,14H,1,6H2/b7-3-/t9-,10-,11?/m0/s1. The summed E-state index contributed by atoms with van der Waals surface area (Å²) in [6, 6.07) is 0. The van der Waals surface area contributed by atoms with Crippen LogP contribution >= 0.6 is 0 Å². The SMILES string of the molecule is C=C/C=C1/[C@H]2C(=O)C=CC2(CO)O[C@@H]1O. The molecule has 1 saturated heterocycles. The Balaban J connectivity index is 2.45. The maximum absolute atomic E-state index is 11.6. The zero-order valence-corrected chi connectivity index (χ0v) is 8.09. The van der Waals surface area contributed by atoms with Crippen molar-refractivity contribution < 1.29 is 19.7 Å². The van der Waals surface area contributed by atoms with Gasteiger partial charge in [0.1, 0.15) is 5.60 Å². The van der Waals surface area contributed by atoms with E-state index >= 15 is 0 Å². The molecule has 80 valence electrons. The van der Waals surface area contributed by atoms with Crippen molar-refractivity contribution in [2.75, 3.05) is 6.61 Å². The summed E-state index contributed by atoms with van der Waals surface area (Å²) in [7, 11) is 0. The zero-order valence-electron chi connectivity index (χ0n) is 8.09. The van der Waals surface area contributed by atoms with Crippen LogP contribution in [-0.4, -0.2) is 34.5 Å². The smallest absolute Gasteiger partial charge is 0.179 e. The van der Waals surface area contributed by atoms with Crippen LogP contribution < -0.4 is 0 Å².